The van der Waals surface area contributed by atoms with Crippen LogP contribution in [0.4, 0.5) is 10.1 Å². The third kappa shape index (κ3) is 3.57. The number of aromatic amines is 1. The standard InChI is InChI=1S/C17H15FN4O4S/c1-22(2)27(25,26)12-5-3-4-10(8-12)16(23)21-20-15-13-9-11(18)6-7-14(13)19-17(15)24/h3-9,19,24H,1-2H3. The minimum absolute atomic E-state index is 0.00665. The van der Waals surface area contributed by atoms with Crippen molar-refractivity contribution < 1.29 is 22.7 Å². The van der Waals surface area contributed by atoms with E-state index in [1.54, 1.807) is 0 Å². The molecule has 3 rings (SSSR count). The number of H-pyrrole nitrogens is 1. The molecular weight excluding hydrogens is 375 g/mol. The summed E-state index contributed by atoms with van der Waals surface area (Å²) in [6, 6.07) is 9.13. The van der Waals surface area contributed by atoms with E-state index in [4.69, 9.17) is 0 Å². The van der Waals surface area contributed by atoms with Crippen molar-refractivity contribution in [1.82, 2.24) is 9.29 Å². The Morgan fingerprint density at radius 3 is 2.63 bits per heavy atom. The number of rotatable bonds is 4. The molecule has 0 atom stereocenters. The van der Waals surface area contributed by atoms with Gasteiger partial charge in [-0.25, -0.2) is 17.1 Å². The van der Waals surface area contributed by atoms with Crippen LogP contribution in [0.15, 0.2) is 57.6 Å². The van der Waals surface area contributed by atoms with Gasteiger partial charge in [0.1, 0.15) is 5.82 Å². The Kier molecular flexibility index (Phi) is 4.77. The van der Waals surface area contributed by atoms with Crippen molar-refractivity contribution in [2.24, 2.45) is 10.2 Å². The van der Waals surface area contributed by atoms with E-state index in [0.29, 0.717) is 5.52 Å². The quantitative estimate of drug-likeness (QED) is 0.666. The number of sulfonamides is 1. The number of aromatic hydroxyl groups is 1. The molecule has 8 nitrogen and oxygen atoms in total. The van der Waals surface area contributed by atoms with Crippen molar-refractivity contribution in [2.75, 3.05) is 14.1 Å². The number of hydrogen-bond donors (Lipinski definition) is 2. The first-order valence-electron chi connectivity index (χ1n) is 7.69. The van der Waals surface area contributed by atoms with Crippen LogP contribution < -0.4 is 0 Å². The molecule has 0 radical (unpaired) electrons. The van der Waals surface area contributed by atoms with Crippen LogP contribution in [-0.2, 0) is 10.0 Å². The highest BCUT2D eigenvalue weighted by Crippen LogP contribution is 2.35. The summed E-state index contributed by atoms with van der Waals surface area (Å²) in [4.78, 5) is 14.8. The largest absolute Gasteiger partial charge is 0.493 e. The predicted octanol–water partition coefficient (Wildman–Crippen LogP) is 3.19. The van der Waals surface area contributed by atoms with E-state index in [-0.39, 0.29) is 27.4 Å². The highest BCUT2D eigenvalue weighted by molar-refractivity contribution is 7.89. The van der Waals surface area contributed by atoms with Crippen molar-refractivity contribution in [2.45, 2.75) is 4.90 Å². The van der Waals surface area contributed by atoms with E-state index in [9.17, 15) is 22.7 Å². The highest BCUT2D eigenvalue weighted by atomic mass is 32.2. The van der Waals surface area contributed by atoms with Crippen LogP contribution >= 0.6 is 0 Å². The summed E-state index contributed by atoms with van der Waals surface area (Å²) in [5, 5.41) is 17.4. The fraction of sp³-hybridized carbons (Fsp3) is 0.118. The molecule has 0 aliphatic heterocycles. The van der Waals surface area contributed by atoms with E-state index in [1.807, 2.05) is 0 Å². The Morgan fingerprint density at radius 1 is 1.19 bits per heavy atom. The van der Waals surface area contributed by atoms with Gasteiger partial charge in [-0.3, -0.25) is 4.79 Å². The molecule has 0 saturated carbocycles. The molecule has 140 valence electrons. The number of azo groups is 1. The summed E-state index contributed by atoms with van der Waals surface area (Å²) in [5.41, 5.74) is 0.344. The Morgan fingerprint density at radius 2 is 1.93 bits per heavy atom. The SMILES string of the molecule is CN(C)S(=O)(=O)c1cccc(C(=O)N=Nc2c(O)[nH]c3ccc(F)cc23)c1. The molecule has 10 heteroatoms. The monoisotopic (exact) mass is 390 g/mol. The second kappa shape index (κ2) is 6.89. The third-order valence-corrected chi connectivity index (χ3v) is 5.63. The Labute approximate surface area is 154 Å². The molecule has 0 bridgehead atoms. The average molecular weight is 390 g/mol. The first-order chi connectivity index (χ1) is 12.7. The molecule has 2 aromatic carbocycles. The molecule has 0 aliphatic carbocycles. The normalized spacial score (nSPS) is 12.3. The van der Waals surface area contributed by atoms with Gasteiger partial charge in [-0.15, -0.1) is 10.2 Å². The Balaban J connectivity index is 1.95. The number of carbonyl (C=O) groups excluding carboxylic acids is 1. The number of nitrogens with one attached hydrogen (secondary N) is 1. The van der Waals surface area contributed by atoms with Gasteiger partial charge < -0.3 is 10.1 Å². The second-order valence-corrected chi connectivity index (χ2v) is 7.98. The lowest BCUT2D eigenvalue weighted by atomic mass is 10.2. The molecule has 27 heavy (non-hydrogen) atoms. The smallest absolute Gasteiger partial charge is 0.295 e. The third-order valence-electron chi connectivity index (χ3n) is 3.81. The zero-order chi connectivity index (χ0) is 19.8. The zero-order valence-corrected chi connectivity index (χ0v) is 15.2. The lowest BCUT2D eigenvalue weighted by Gasteiger charge is -2.11. The predicted molar refractivity (Wildman–Crippen MR) is 96.1 cm³/mol. The summed E-state index contributed by atoms with van der Waals surface area (Å²) < 4.78 is 38.8. The van der Waals surface area contributed by atoms with Gasteiger partial charge in [-0.1, -0.05) is 6.07 Å². The summed E-state index contributed by atoms with van der Waals surface area (Å²) in [7, 11) is -0.954. The maximum absolute atomic E-state index is 13.4. The molecule has 2 N–H and O–H groups in total. The fourth-order valence-electron chi connectivity index (χ4n) is 2.39. The first kappa shape index (κ1) is 18.7. The summed E-state index contributed by atoms with van der Waals surface area (Å²) in [5.74, 6) is -1.71. The number of hydrogen-bond acceptors (Lipinski definition) is 5. The van der Waals surface area contributed by atoms with Crippen molar-refractivity contribution in [3.63, 3.8) is 0 Å². The first-order valence-corrected chi connectivity index (χ1v) is 9.13. The minimum Gasteiger partial charge on any atom is -0.493 e. The van der Waals surface area contributed by atoms with Gasteiger partial charge in [0, 0.05) is 25.0 Å². The van der Waals surface area contributed by atoms with Crippen LogP contribution in [0.1, 0.15) is 10.4 Å². The number of aromatic nitrogens is 1. The van der Waals surface area contributed by atoms with E-state index >= 15 is 0 Å². The summed E-state index contributed by atoms with van der Waals surface area (Å²) >= 11 is 0. The molecule has 0 spiro atoms. The van der Waals surface area contributed by atoms with Crippen LogP contribution in [0, 0.1) is 5.82 Å². The molecule has 0 saturated heterocycles. The lowest BCUT2D eigenvalue weighted by Crippen LogP contribution is -2.22. The van der Waals surface area contributed by atoms with Gasteiger partial charge >= 0.3 is 0 Å². The van der Waals surface area contributed by atoms with Crippen LogP contribution in [0.2, 0.25) is 0 Å². The number of fused-ring (bicyclic) bond motifs is 1. The number of nitrogens with zero attached hydrogens (tertiary/aromatic N) is 3. The highest BCUT2D eigenvalue weighted by Gasteiger charge is 2.19. The molecule has 1 heterocycles. The van der Waals surface area contributed by atoms with Crippen molar-refractivity contribution in [3.05, 3.63) is 53.8 Å². The number of carbonyl (C=O) groups is 1. The van der Waals surface area contributed by atoms with Gasteiger partial charge in [0.05, 0.1) is 10.4 Å². The number of amides is 1. The Bertz CT molecular complexity index is 1170. The van der Waals surface area contributed by atoms with Crippen molar-refractivity contribution in [1.29, 1.82) is 0 Å². The van der Waals surface area contributed by atoms with Crippen molar-refractivity contribution in [3.8, 4) is 5.88 Å². The second-order valence-electron chi connectivity index (χ2n) is 5.83. The van der Waals surface area contributed by atoms with Gasteiger partial charge in [-0.2, -0.15) is 0 Å². The van der Waals surface area contributed by atoms with Crippen LogP contribution in [0.25, 0.3) is 10.9 Å². The van der Waals surface area contributed by atoms with Gasteiger partial charge in [-0.05, 0) is 36.4 Å². The van der Waals surface area contributed by atoms with Crippen LogP contribution in [0.3, 0.4) is 0 Å². The maximum atomic E-state index is 13.4. The van der Waals surface area contributed by atoms with Gasteiger partial charge in [0.2, 0.25) is 15.9 Å². The number of halogens is 1. The van der Waals surface area contributed by atoms with Gasteiger partial charge in [0.25, 0.3) is 5.91 Å². The number of benzene rings is 2. The fourth-order valence-corrected chi connectivity index (χ4v) is 3.34. The zero-order valence-electron chi connectivity index (χ0n) is 14.3. The topological polar surface area (TPSA) is 115 Å². The molecule has 3 aromatic rings. The van der Waals surface area contributed by atoms with Crippen LogP contribution in [-0.4, -0.2) is 42.8 Å². The molecule has 0 unspecified atom stereocenters. The van der Waals surface area contributed by atoms with E-state index < -0.39 is 21.7 Å². The minimum atomic E-state index is -3.71. The average Bonchev–Trinajstić information content (AvgIpc) is 2.94. The Hall–Kier alpha value is -3.11. The molecule has 1 amide bonds. The van der Waals surface area contributed by atoms with E-state index in [0.717, 1.165) is 10.4 Å². The maximum Gasteiger partial charge on any atom is 0.295 e. The molecular formula is C17H15FN4O4S. The summed E-state index contributed by atoms with van der Waals surface area (Å²) in [6.07, 6.45) is 0. The van der Waals surface area contributed by atoms with Crippen LogP contribution in [0.5, 0.6) is 5.88 Å². The van der Waals surface area contributed by atoms with E-state index in [1.165, 1.54) is 50.5 Å². The summed E-state index contributed by atoms with van der Waals surface area (Å²) in [6.45, 7) is 0. The van der Waals surface area contributed by atoms with Crippen molar-refractivity contribution >= 4 is 32.5 Å². The molecule has 0 fully saturated rings. The van der Waals surface area contributed by atoms with Gasteiger partial charge in [0.15, 0.2) is 5.69 Å². The molecule has 1 aromatic heterocycles. The molecule has 0 aliphatic rings. The van der Waals surface area contributed by atoms with E-state index in [2.05, 4.69) is 15.2 Å². The lowest BCUT2D eigenvalue weighted by molar-refractivity contribution is 0.0995.